The fourth-order valence-electron chi connectivity index (χ4n) is 1.78. The highest BCUT2D eigenvalue weighted by molar-refractivity contribution is 6.30. The molecule has 0 aromatic heterocycles. The van der Waals surface area contributed by atoms with Gasteiger partial charge >= 0.3 is 0 Å². The first-order valence-electron chi connectivity index (χ1n) is 4.84. The van der Waals surface area contributed by atoms with E-state index in [1.807, 2.05) is 0 Å². The third kappa shape index (κ3) is 1.76. The van der Waals surface area contributed by atoms with Crippen LogP contribution in [0, 0.1) is 5.92 Å². The molecule has 2 rings (SSSR count). The van der Waals surface area contributed by atoms with Gasteiger partial charge in [0.15, 0.2) is 5.78 Å². The van der Waals surface area contributed by atoms with Crippen molar-refractivity contribution in [3.63, 3.8) is 0 Å². The Hall–Kier alpha value is -1.55. The van der Waals surface area contributed by atoms with E-state index >= 15 is 0 Å². The first-order valence-corrected chi connectivity index (χ1v) is 5.37. The lowest BCUT2D eigenvalue weighted by atomic mass is 9.90. The van der Waals surface area contributed by atoms with Crippen LogP contribution in [0.15, 0.2) is 18.2 Å². The number of rotatable bonds is 2. The molecule has 0 spiro atoms. The molecule has 84 valence electrons. The number of nitrogens with one attached hydrogen (secondary N) is 1. The number of ketones is 1. The van der Waals surface area contributed by atoms with E-state index in [0.29, 0.717) is 12.1 Å². The van der Waals surface area contributed by atoms with Gasteiger partial charge in [0.2, 0.25) is 5.91 Å². The lowest BCUT2D eigenvalue weighted by Crippen LogP contribution is -2.36. The second-order valence-corrected chi connectivity index (χ2v) is 3.92. The molecule has 0 bridgehead atoms. The zero-order valence-corrected chi connectivity index (χ0v) is 9.12. The van der Waals surface area contributed by atoms with Crippen LogP contribution in [0.25, 0.3) is 0 Å². The van der Waals surface area contributed by atoms with Crippen LogP contribution in [-0.4, -0.2) is 22.7 Å². The Kier molecular flexibility index (Phi) is 2.83. The number of para-hydroxylation sites is 1. The van der Waals surface area contributed by atoms with E-state index < -0.39 is 11.8 Å². The van der Waals surface area contributed by atoms with Gasteiger partial charge in [-0.1, -0.05) is 12.1 Å². The van der Waals surface area contributed by atoms with Gasteiger partial charge in [-0.3, -0.25) is 9.59 Å². The van der Waals surface area contributed by atoms with E-state index in [2.05, 4.69) is 5.32 Å². The molecule has 1 heterocycles. The van der Waals surface area contributed by atoms with Gasteiger partial charge in [-0.2, -0.15) is 0 Å². The molecule has 1 aromatic carbocycles. The van der Waals surface area contributed by atoms with Crippen molar-refractivity contribution in [1.29, 1.82) is 0 Å². The third-order valence-electron chi connectivity index (χ3n) is 2.64. The van der Waals surface area contributed by atoms with Gasteiger partial charge in [0.1, 0.15) is 11.7 Å². The Bertz CT molecular complexity index is 459. The van der Waals surface area contributed by atoms with Gasteiger partial charge in [0.25, 0.3) is 0 Å². The minimum Gasteiger partial charge on any atom is -0.506 e. The molecule has 0 aliphatic carbocycles. The number of aromatic hydroxyl groups is 1. The second kappa shape index (κ2) is 4.14. The Labute approximate surface area is 97.2 Å². The highest BCUT2D eigenvalue weighted by Crippen LogP contribution is 2.33. The summed E-state index contributed by atoms with van der Waals surface area (Å²) >= 11 is 5.43. The number of carbonyl (C=O) groups excluding carboxylic acids is 2. The summed E-state index contributed by atoms with van der Waals surface area (Å²) in [5.74, 6) is -1.60. The smallest absolute Gasteiger partial charge is 0.235 e. The minimum atomic E-state index is -0.744. The molecule has 0 fully saturated rings. The average Bonchev–Trinajstić information content (AvgIpc) is 2.29. The number of fused-ring (bicyclic) bond motifs is 1. The Morgan fingerprint density at radius 2 is 2.31 bits per heavy atom. The highest BCUT2D eigenvalue weighted by Gasteiger charge is 2.32. The first kappa shape index (κ1) is 11.0. The summed E-state index contributed by atoms with van der Waals surface area (Å²) in [6.45, 7) is 0. The molecule has 4 nitrogen and oxygen atoms in total. The van der Waals surface area contributed by atoms with Crippen molar-refractivity contribution in [1.82, 2.24) is 0 Å². The van der Waals surface area contributed by atoms with Crippen molar-refractivity contribution in [2.75, 3.05) is 11.2 Å². The molecule has 5 heteroatoms. The summed E-state index contributed by atoms with van der Waals surface area (Å²) in [5.41, 5.74) is 1.15. The van der Waals surface area contributed by atoms with Gasteiger partial charge < -0.3 is 10.4 Å². The minimum absolute atomic E-state index is 0.0163. The number of hydrogen-bond donors (Lipinski definition) is 2. The Morgan fingerprint density at radius 1 is 1.56 bits per heavy atom. The molecule has 1 aliphatic heterocycles. The number of benzene rings is 1. The number of hydrogen-bond acceptors (Lipinski definition) is 3. The molecule has 0 saturated carbocycles. The summed E-state index contributed by atoms with van der Waals surface area (Å²) in [5, 5.41) is 12.1. The van der Waals surface area contributed by atoms with E-state index in [4.69, 9.17) is 11.6 Å². The second-order valence-electron chi connectivity index (χ2n) is 3.66. The molecule has 1 aromatic rings. The summed E-state index contributed by atoms with van der Waals surface area (Å²) in [6.07, 6.45) is 0.293. The van der Waals surface area contributed by atoms with Crippen LogP contribution < -0.4 is 5.32 Å². The fraction of sp³-hybridized carbons (Fsp3) is 0.273. The predicted octanol–water partition coefficient (Wildman–Crippen LogP) is 1.31. The van der Waals surface area contributed by atoms with Crippen LogP contribution in [0.2, 0.25) is 0 Å². The third-order valence-corrected chi connectivity index (χ3v) is 2.90. The quantitative estimate of drug-likeness (QED) is 0.465. The number of halogens is 1. The zero-order chi connectivity index (χ0) is 11.7. The van der Waals surface area contributed by atoms with Crippen LogP contribution in [0.3, 0.4) is 0 Å². The first-order chi connectivity index (χ1) is 7.63. The molecule has 16 heavy (non-hydrogen) atoms. The number of amides is 1. The van der Waals surface area contributed by atoms with Crippen LogP contribution in [0.1, 0.15) is 5.56 Å². The van der Waals surface area contributed by atoms with E-state index in [-0.39, 0.29) is 17.4 Å². The lowest BCUT2D eigenvalue weighted by molar-refractivity contribution is -0.129. The summed E-state index contributed by atoms with van der Waals surface area (Å²) in [6, 6.07) is 4.93. The van der Waals surface area contributed by atoms with E-state index in [9.17, 15) is 14.7 Å². The molecule has 1 atom stereocenters. The van der Waals surface area contributed by atoms with Crippen LogP contribution in [0.4, 0.5) is 5.69 Å². The van der Waals surface area contributed by atoms with Crippen molar-refractivity contribution in [2.45, 2.75) is 6.42 Å². The molecule has 0 radical (unpaired) electrons. The predicted molar refractivity (Wildman–Crippen MR) is 59.7 cm³/mol. The average molecular weight is 240 g/mol. The van der Waals surface area contributed by atoms with E-state index in [1.165, 1.54) is 6.07 Å². The summed E-state index contributed by atoms with van der Waals surface area (Å²) < 4.78 is 0. The van der Waals surface area contributed by atoms with E-state index in [1.54, 1.807) is 12.1 Å². The van der Waals surface area contributed by atoms with Crippen LogP contribution in [-0.2, 0) is 16.0 Å². The fourth-order valence-corrected chi connectivity index (χ4v) is 1.96. The van der Waals surface area contributed by atoms with Crippen molar-refractivity contribution in [2.24, 2.45) is 5.92 Å². The number of carbonyl (C=O) groups is 2. The number of phenols is 1. The van der Waals surface area contributed by atoms with Crippen molar-refractivity contribution < 1.29 is 14.7 Å². The molecule has 0 saturated heterocycles. The SMILES string of the molecule is O=C(CCl)C1Cc2cccc(O)c2NC1=O. The maximum Gasteiger partial charge on any atom is 0.235 e. The van der Waals surface area contributed by atoms with Gasteiger partial charge in [-0.05, 0) is 18.1 Å². The summed E-state index contributed by atoms with van der Waals surface area (Å²) in [4.78, 5) is 23.0. The standard InChI is InChI=1S/C11H10ClNO3/c12-5-9(15)7-4-6-2-1-3-8(14)10(6)13-11(7)16/h1-3,7,14H,4-5H2,(H,13,16). The molecule has 2 N–H and O–H groups in total. The molecular weight excluding hydrogens is 230 g/mol. The molecule has 1 unspecified atom stereocenters. The number of anilines is 1. The molecular formula is C11H10ClNO3. The Morgan fingerprint density at radius 3 is 3.00 bits per heavy atom. The Balaban J connectivity index is 2.36. The number of alkyl halides is 1. The van der Waals surface area contributed by atoms with Gasteiger partial charge in [-0.25, -0.2) is 0 Å². The van der Waals surface area contributed by atoms with Crippen molar-refractivity contribution >= 4 is 29.0 Å². The maximum absolute atomic E-state index is 11.6. The normalized spacial score (nSPS) is 18.8. The maximum atomic E-state index is 11.6. The van der Waals surface area contributed by atoms with Gasteiger partial charge in [-0.15, -0.1) is 11.6 Å². The monoisotopic (exact) mass is 239 g/mol. The van der Waals surface area contributed by atoms with E-state index in [0.717, 1.165) is 5.56 Å². The van der Waals surface area contributed by atoms with Gasteiger partial charge in [0.05, 0.1) is 11.6 Å². The molecule has 1 aliphatic rings. The molecule has 1 amide bonds. The summed E-state index contributed by atoms with van der Waals surface area (Å²) in [7, 11) is 0. The number of Topliss-reactive ketones (excluding diaryl/α,β-unsaturated/α-hetero) is 1. The number of phenolic OH excluding ortho intramolecular Hbond substituents is 1. The zero-order valence-electron chi connectivity index (χ0n) is 8.37. The topological polar surface area (TPSA) is 66.4 Å². The highest BCUT2D eigenvalue weighted by atomic mass is 35.5. The van der Waals surface area contributed by atoms with Crippen molar-refractivity contribution in [3.8, 4) is 5.75 Å². The largest absolute Gasteiger partial charge is 0.506 e. The van der Waals surface area contributed by atoms with Crippen LogP contribution in [0.5, 0.6) is 5.75 Å². The van der Waals surface area contributed by atoms with Gasteiger partial charge in [0, 0.05) is 0 Å². The lowest BCUT2D eigenvalue weighted by Gasteiger charge is -2.23. The van der Waals surface area contributed by atoms with Crippen LogP contribution >= 0.6 is 11.6 Å². The van der Waals surface area contributed by atoms with Crippen molar-refractivity contribution in [3.05, 3.63) is 23.8 Å².